The molecule has 180 valence electrons. The maximum atomic E-state index is 12.9. The summed E-state index contributed by atoms with van der Waals surface area (Å²) in [6, 6.07) is 5.13. The molecule has 0 aliphatic carbocycles. The molecule has 1 fully saturated rings. The molecule has 1 N–H and O–H groups in total. The summed E-state index contributed by atoms with van der Waals surface area (Å²) in [6.45, 7) is 4.11. The number of amides is 1. The Hall–Kier alpha value is -3.12. The molecule has 1 aliphatic heterocycles. The van der Waals surface area contributed by atoms with Gasteiger partial charge in [-0.25, -0.2) is 0 Å². The fraction of sp³-hybridized carbons (Fsp3) is 0.476. The molecule has 33 heavy (non-hydrogen) atoms. The average molecular weight is 483 g/mol. The van der Waals surface area contributed by atoms with Crippen molar-refractivity contribution in [1.29, 1.82) is 0 Å². The fourth-order valence-corrected chi connectivity index (χ4v) is 3.48. The van der Waals surface area contributed by atoms with E-state index in [1.165, 1.54) is 6.07 Å². The minimum Gasteiger partial charge on any atom is -0.463 e. The number of ether oxygens (including phenoxy) is 5. The molecule has 1 aromatic carbocycles. The van der Waals surface area contributed by atoms with Crippen LogP contribution in [0, 0.1) is 0 Å². The minimum absolute atomic E-state index is 0.190. The Morgan fingerprint density at radius 2 is 1.45 bits per heavy atom. The van der Waals surface area contributed by atoms with Crippen molar-refractivity contribution in [2.75, 3.05) is 6.61 Å². The Kier molecular flexibility index (Phi) is 9.23. The summed E-state index contributed by atoms with van der Waals surface area (Å²) in [7, 11) is 0. The third-order valence-corrected chi connectivity index (χ3v) is 4.82. The molecule has 1 saturated heterocycles. The summed E-state index contributed by atoms with van der Waals surface area (Å²) in [4.78, 5) is 60.0. The van der Waals surface area contributed by atoms with Crippen molar-refractivity contribution >= 4 is 42.4 Å². The SMILES string of the molecule is CC(=O)OCC1OC(OC(C)=O)[C@@H](NC(=O)c2ccccc2S)[C@@H](OC(C)=O)[C@@H]1OC(C)=O. The van der Waals surface area contributed by atoms with Crippen molar-refractivity contribution < 1.29 is 47.7 Å². The van der Waals surface area contributed by atoms with E-state index >= 15 is 0 Å². The Labute approximate surface area is 195 Å². The van der Waals surface area contributed by atoms with E-state index in [1.54, 1.807) is 18.2 Å². The average Bonchev–Trinajstić information content (AvgIpc) is 2.70. The van der Waals surface area contributed by atoms with Crippen molar-refractivity contribution in [2.45, 2.75) is 63.2 Å². The first kappa shape index (κ1) is 26.1. The summed E-state index contributed by atoms with van der Waals surface area (Å²) < 4.78 is 26.6. The number of carbonyl (C=O) groups is 5. The summed E-state index contributed by atoms with van der Waals surface area (Å²) in [6.07, 6.45) is -5.28. The van der Waals surface area contributed by atoms with Gasteiger partial charge in [0.25, 0.3) is 5.91 Å². The molecule has 1 amide bonds. The van der Waals surface area contributed by atoms with E-state index in [-0.39, 0.29) is 5.56 Å². The topological polar surface area (TPSA) is 144 Å². The lowest BCUT2D eigenvalue weighted by Gasteiger charge is -2.44. The summed E-state index contributed by atoms with van der Waals surface area (Å²) >= 11 is 4.25. The molecule has 1 aromatic rings. The summed E-state index contributed by atoms with van der Waals surface area (Å²) in [5.41, 5.74) is 0.190. The van der Waals surface area contributed by atoms with E-state index in [1.807, 2.05) is 0 Å². The zero-order valence-electron chi connectivity index (χ0n) is 18.4. The zero-order chi connectivity index (χ0) is 24.7. The highest BCUT2D eigenvalue weighted by atomic mass is 32.1. The smallest absolute Gasteiger partial charge is 0.305 e. The highest BCUT2D eigenvalue weighted by Crippen LogP contribution is 2.28. The van der Waals surface area contributed by atoms with Crippen molar-refractivity contribution in [1.82, 2.24) is 5.32 Å². The van der Waals surface area contributed by atoms with Crippen LogP contribution in [0.4, 0.5) is 0 Å². The predicted molar refractivity (Wildman–Crippen MR) is 113 cm³/mol. The van der Waals surface area contributed by atoms with Gasteiger partial charge in [-0.3, -0.25) is 24.0 Å². The number of hydrogen-bond donors (Lipinski definition) is 2. The van der Waals surface area contributed by atoms with E-state index in [0.29, 0.717) is 4.90 Å². The van der Waals surface area contributed by atoms with Gasteiger partial charge in [0.15, 0.2) is 12.2 Å². The lowest BCUT2D eigenvalue weighted by Crippen LogP contribution is -2.67. The van der Waals surface area contributed by atoms with E-state index in [2.05, 4.69) is 17.9 Å². The van der Waals surface area contributed by atoms with Gasteiger partial charge in [0.05, 0.1) is 5.56 Å². The summed E-state index contributed by atoms with van der Waals surface area (Å²) in [5, 5.41) is 2.61. The molecule has 5 atom stereocenters. The minimum atomic E-state index is -1.46. The maximum absolute atomic E-state index is 12.9. The van der Waals surface area contributed by atoms with Crippen LogP contribution in [0.2, 0.25) is 0 Å². The van der Waals surface area contributed by atoms with E-state index < -0.39 is 67.0 Å². The van der Waals surface area contributed by atoms with Crippen molar-refractivity contribution in [3.05, 3.63) is 29.8 Å². The molecule has 1 aliphatic rings. The van der Waals surface area contributed by atoms with Crippen LogP contribution in [0.3, 0.4) is 0 Å². The lowest BCUT2D eigenvalue weighted by atomic mass is 9.95. The Morgan fingerprint density at radius 1 is 0.879 bits per heavy atom. The molecule has 0 spiro atoms. The monoisotopic (exact) mass is 483 g/mol. The molecule has 0 radical (unpaired) electrons. The largest absolute Gasteiger partial charge is 0.463 e. The van der Waals surface area contributed by atoms with Crippen LogP contribution in [0.5, 0.6) is 0 Å². The second-order valence-electron chi connectivity index (χ2n) is 7.12. The fourth-order valence-electron chi connectivity index (χ4n) is 3.21. The normalized spacial score (nSPS) is 24.2. The van der Waals surface area contributed by atoms with Gasteiger partial charge < -0.3 is 29.0 Å². The number of rotatable bonds is 7. The predicted octanol–water partition coefficient (Wildman–Crippen LogP) is 0.788. The molecule has 2 unspecified atom stereocenters. The first-order valence-corrected chi connectivity index (χ1v) is 10.3. The molecular weight excluding hydrogens is 458 g/mol. The molecule has 0 saturated carbocycles. The second kappa shape index (κ2) is 11.7. The van der Waals surface area contributed by atoms with Crippen molar-refractivity contribution in [3.63, 3.8) is 0 Å². The maximum Gasteiger partial charge on any atom is 0.305 e. The lowest BCUT2D eigenvalue weighted by molar-refractivity contribution is -0.270. The van der Waals surface area contributed by atoms with Crippen LogP contribution < -0.4 is 5.32 Å². The number of thiol groups is 1. The zero-order valence-corrected chi connectivity index (χ0v) is 19.3. The first-order valence-electron chi connectivity index (χ1n) is 9.89. The quantitative estimate of drug-likeness (QED) is 0.324. The summed E-state index contributed by atoms with van der Waals surface area (Å²) in [5.74, 6) is -3.55. The molecule has 1 heterocycles. The number of esters is 4. The Bertz CT molecular complexity index is 920. The molecule has 11 nitrogen and oxygen atoms in total. The van der Waals surface area contributed by atoms with Crippen LogP contribution in [0.25, 0.3) is 0 Å². The van der Waals surface area contributed by atoms with Crippen LogP contribution in [0.15, 0.2) is 29.2 Å². The van der Waals surface area contributed by atoms with Crippen LogP contribution in [0.1, 0.15) is 38.1 Å². The van der Waals surface area contributed by atoms with E-state index in [0.717, 1.165) is 27.7 Å². The van der Waals surface area contributed by atoms with Gasteiger partial charge in [-0.15, -0.1) is 12.6 Å². The van der Waals surface area contributed by atoms with Gasteiger partial charge in [0.2, 0.25) is 6.29 Å². The van der Waals surface area contributed by atoms with Gasteiger partial charge in [-0.1, -0.05) is 12.1 Å². The van der Waals surface area contributed by atoms with Gasteiger partial charge in [0, 0.05) is 32.6 Å². The molecular formula is C21H25NO10S. The van der Waals surface area contributed by atoms with Crippen LogP contribution >= 0.6 is 12.6 Å². The third kappa shape index (κ3) is 7.46. The number of nitrogens with one attached hydrogen (secondary N) is 1. The van der Waals surface area contributed by atoms with E-state index in [9.17, 15) is 24.0 Å². The number of benzene rings is 1. The number of carbonyl (C=O) groups excluding carboxylic acids is 5. The molecule has 0 aromatic heterocycles. The Balaban J connectivity index is 2.47. The van der Waals surface area contributed by atoms with Crippen molar-refractivity contribution in [3.8, 4) is 0 Å². The van der Waals surface area contributed by atoms with Crippen molar-refractivity contribution in [2.24, 2.45) is 0 Å². The van der Waals surface area contributed by atoms with Crippen LogP contribution in [-0.2, 0) is 42.9 Å². The number of hydrogen-bond acceptors (Lipinski definition) is 11. The third-order valence-electron chi connectivity index (χ3n) is 4.43. The molecule has 12 heteroatoms. The highest BCUT2D eigenvalue weighted by Gasteiger charge is 2.52. The Morgan fingerprint density at radius 3 is 2.00 bits per heavy atom. The van der Waals surface area contributed by atoms with Crippen LogP contribution in [-0.4, -0.2) is 67.0 Å². The van der Waals surface area contributed by atoms with Gasteiger partial charge >= 0.3 is 23.9 Å². The van der Waals surface area contributed by atoms with E-state index in [4.69, 9.17) is 23.7 Å². The van der Waals surface area contributed by atoms with Gasteiger partial charge in [0.1, 0.15) is 18.8 Å². The standard InChI is InChI=1S/C21H25NO10S/c1-10(23)28-9-15-18(29-11(2)24)19(30-12(3)25)17(21(32-15)31-13(4)26)22-20(27)14-7-5-6-8-16(14)33/h5-8,15,17-19,21,33H,9H2,1-4H3,(H,22,27)/t15?,17-,18+,19+,21?/m0/s1. The molecule has 2 rings (SSSR count). The van der Waals surface area contributed by atoms with Gasteiger partial charge in [-0.05, 0) is 12.1 Å². The molecule has 0 bridgehead atoms. The van der Waals surface area contributed by atoms with Gasteiger partial charge in [-0.2, -0.15) is 0 Å². The first-order chi connectivity index (χ1) is 15.5. The second-order valence-corrected chi connectivity index (χ2v) is 7.60. The highest BCUT2D eigenvalue weighted by molar-refractivity contribution is 7.80.